The first-order chi connectivity index (χ1) is 14.2. The van der Waals surface area contributed by atoms with E-state index in [-0.39, 0.29) is 16.8 Å². The molecule has 6 nitrogen and oxygen atoms in total. The maximum absolute atomic E-state index is 13.2. The zero-order chi connectivity index (χ0) is 21.9. The van der Waals surface area contributed by atoms with Crippen LogP contribution in [0, 0.1) is 0 Å². The van der Waals surface area contributed by atoms with E-state index in [1.807, 2.05) is 0 Å². The van der Waals surface area contributed by atoms with Crippen molar-refractivity contribution < 1.29 is 33.0 Å². The third-order valence-corrected chi connectivity index (χ3v) is 4.16. The fraction of sp³-hybridized carbons (Fsp3) is 0.0476. The van der Waals surface area contributed by atoms with Gasteiger partial charge in [-0.2, -0.15) is 13.2 Å². The van der Waals surface area contributed by atoms with E-state index in [1.165, 1.54) is 54.6 Å². The number of rotatable bonds is 5. The summed E-state index contributed by atoms with van der Waals surface area (Å²) < 4.78 is 39.5. The third-order valence-electron chi connectivity index (χ3n) is 4.16. The summed E-state index contributed by atoms with van der Waals surface area (Å²) in [5.41, 5.74) is -0.578. The monoisotopic (exact) mass is 414 g/mol. The molecule has 2 N–H and O–H groups in total. The summed E-state index contributed by atoms with van der Waals surface area (Å²) >= 11 is 0. The van der Waals surface area contributed by atoms with Crippen molar-refractivity contribution in [2.75, 3.05) is 0 Å². The number of aromatic carboxylic acids is 2. The minimum atomic E-state index is -4.63. The van der Waals surface area contributed by atoms with Gasteiger partial charge in [-0.1, -0.05) is 30.3 Å². The molecule has 0 aliphatic rings. The molecule has 30 heavy (non-hydrogen) atoms. The summed E-state index contributed by atoms with van der Waals surface area (Å²) in [4.78, 5) is 22.3. The fourth-order valence-electron chi connectivity index (χ4n) is 2.69. The lowest BCUT2D eigenvalue weighted by atomic mass is 10.0. The van der Waals surface area contributed by atoms with Gasteiger partial charge in [0.15, 0.2) is 0 Å². The number of azo groups is 1. The molecule has 3 rings (SSSR count). The number of nitrogens with zero attached hydrogens (tertiary/aromatic N) is 2. The Hall–Kier alpha value is -4.01. The van der Waals surface area contributed by atoms with Crippen LogP contribution < -0.4 is 0 Å². The molecule has 0 aromatic heterocycles. The van der Waals surface area contributed by atoms with E-state index in [9.17, 15) is 27.9 Å². The molecule has 0 aliphatic heterocycles. The number of benzene rings is 3. The fourth-order valence-corrected chi connectivity index (χ4v) is 2.69. The Bertz CT molecular complexity index is 1140. The lowest BCUT2D eigenvalue weighted by Gasteiger charge is -2.09. The second-order valence-electron chi connectivity index (χ2n) is 6.13. The molecule has 3 aromatic rings. The number of carboxylic acid groups (broad SMARTS) is 2. The van der Waals surface area contributed by atoms with Crippen LogP contribution in [0.3, 0.4) is 0 Å². The van der Waals surface area contributed by atoms with Crippen molar-refractivity contribution in [2.24, 2.45) is 10.2 Å². The lowest BCUT2D eigenvalue weighted by Crippen LogP contribution is -2.04. The van der Waals surface area contributed by atoms with E-state index in [2.05, 4.69) is 10.2 Å². The number of carboxylic acids is 2. The van der Waals surface area contributed by atoms with Gasteiger partial charge in [-0.3, -0.25) is 0 Å². The van der Waals surface area contributed by atoms with E-state index in [1.54, 1.807) is 0 Å². The maximum atomic E-state index is 13.2. The minimum absolute atomic E-state index is 0.0231. The highest BCUT2D eigenvalue weighted by Gasteiger charge is 2.33. The normalized spacial score (nSPS) is 11.6. The standard InChI is InChI=1S/C21H13F3N2O4/c22-21(23,24)16-3-1-2-4-17(16)25-26-18-11-14(20(29)30)9-10-15(18)12-5-7-13(8-6-12)19(27)28/h1-11H,(H,27,28)(H,29,30). The number of hydrogen-bond donors (Lipinski definition) is 2. The van der Waals surface area contributed by atoms with Crippen molar-refractivity contribution in [1.82, 2.24) is 0 Å². The number of halogens is 3. The van der Waals surface area contributed by atoms with E-state index < -0.39 is 29.4 Å². The van der Waals surface area contributed by atoms with Gasteiger partial charge in [-0.25, -0.2) is 9.59 Å². The second kappa shape index (κ2) is 8.16. The quantitative estimate of drug-likeness (QED) is 0.487. The van der Waals surface area contributed by atoms with Crippen molar-refractivity contribution in [1.29, 1.82) is 0 Å². The highest BCUT2D eigenvalue weighted by Crippen LogP contribution is 2.38. The van der Waals surface area contributed by atoms with Crippen molar-refractivity contribution in [2.45, 2.75) is 6.18 Å². The van der Waals surface area contributed by atoms with Gasteiger partial charge >= 0.3 is 18.1 Å². The summed E-state index contributed by atoms with van der Waals surface area (Å²) in [6, 6.07) is 14.2. The minimum Gasteiger partial charge on any atom is -0.478 e. The molecule has 0 bridgehead atoms. The average molecular weight is 414 g/mol. The van der Waals surface area contributed by atoms with Crippen molar-refractivity contribution in [3.63, 3.8) is 0 Å². The smallest absolute Gasteiger partial charge is 0.418 e. The highest BCUT2D eigenvalue weighted by molar-refractivity contribution is 5.92. The van der Waals surface area contributed by atoms with Crippen molar-refractivity contribution in [3.8, 4) is 11.1 Å². The van der Waals surface area contributed by atoms with Crippen LogP contribution in [0.4, 0.5) is 24.5 Å². The van der Waals surface area contributed by atoms with Crippen LogP contribution in [0.5, 0.6) is 0 Å². The third kappa shape index (κ3) is 4.52. The largest absolute Gasteiger partial charge is 0.478 e. The first-order valence-corrected chi connectivity index (χ1v) is 8.46. The molecule has 0 spiro atoms. The maximum Gasteiger partial charge on any atom is 0.418 e. The zero-order valence-corrected chi connectivity index (χ0v) is 15.1. The molecule has 0 atom stereocenters. The molecular weight excluding hydrogens is 401 g/mol. The molecule has 0 radical (unpaired) electrons. The molecule has 152 valence electrons. The van der Waals surface area contributed by atoms with Crippen LogP contribution in [0.25, 0.3) is 11.1 Å². The Labute approximate surface area is 167 Å². The van der Waals surface area contributed by atoms with E-state index in [0.29, 0.717) is 11.1 Å². The molecule has 0 aliphatic carbocycles. The molecule has 0 saturated heterocycles. The van der Waals surface area contributed by atoms with Crippen LogP contribution in [0.1, 0.15) is 26.3 Å². The first kappa shape index (κ1) is 20.7. The van der Waals surface area contributed by atoms with Gasteiger partial charge in [0.05, 0.1) is 28.1 Å². The molecule has 0 amide bonds. The van der Waals surface area contributed by atoms with Gasteiger partial charge in [-0.15, -0.1) is 10.2 Å². The zero-order valence-electron chi connectivity index (χ0n) is 15.1. The Morgan fingerprint density at radius 1 is 0.733 bits per heavy atom. The van der Waals surface area contributed by atoms with Crippen LogP contribution in [-0.4, -0.2) is 22.2 Å². The van der Waals surface area contributed by atoms with E-state index in [4.69, 9.17) is 5.11 Å². The number of carbonyl (C=O) groups is 2. The van der Waals surface area contributed by atoms with E-state index in [0.717, 1.165) is 12.1 Å². The molecule has 0 saturated carbocycles. The van der Waals surface area contributed by atoms with Gasteiger partial charge in [0.25, 0.3) is 0 Å². The second-order valence-corrected chi connectivity index (χ2v) is 6.13. The van der Waals surface area contributed by atoms with Crippen molar-refractivity contribution in [3.05, 3.63) is 83.4 Å². The molecule has 9 heteroatoms. The SMILES string of the molecule is O=C(O)c1ccc(-c2ccc(C(=O)O)cc2N=Nc2ccccc2C(F)(F)F)cc1. The molecule has 0 fully saturated rings. The summed E-state index contributed by atoms with van der Waals surface area (Å²) in [7, 11) is 0. The molecule has 0 unspecified atom stereocenters. The Morgan fingerprint density at radius 2 is 1.30 bits per heavy atom. The summed E-state index contributed by atoms with van der Waals surface area (Å²) in [6.45, 7) is 0. The summed E-state index contributed by atoms with van der Waals surface area (Å²) in [5.74, 6) is -2.36. The Kier molecular flexibility index (Phi) is 5.63. The Morgan fingerprint density at radius 3 is 1.90 bits per heavy atom. The molecule has 3 aromatic carbocycles. The van der Waals surface area contributed by atoms with Gasteiger partial charge in [0.2, 0.25) is 0 Å². The number of alkyl halides is 3. The lowest BCUT2D eigenvalue weighted by molar-refractivity contribution is -0.137. The average Bonchev–Trinajstić information content (AvgIpc) is 2.71. The van der Waals surface area contributed by atoms with Crippen LogP contribution in [0.15, 0.2) is 77.0 Å². The van der Waals surface area contributed by atoms with Crippen LogP contribution in [-0.2, 0) is 6.18 Å². The van der Waals surface area contributed by atoms with Gasteiger partial charge in [0.1, 0.15) is 0 Å². The van der Waals surface area contributed by atoms with Gasteiger partial charge in [0, 0.05) is 5.56 Å². The molecular formula is C21H13F3N2O4. The first-order valence-electron chi connectivity index (χ1n) is 8.46. The summed E-state index contributed by atoms with van der Waals surface area (Å²) in [6.07, 6.45) is -4.63. The molecule has 0 heterocycles. The predicted octanol–water partition coefficient (Wildman–Crippen LogP) is 6.18. The summed E-state index contributed by atoms with van der Waals surface area (Å²) in [5, 5.41) is 25.8. The Balaban J connectivity index is 2.09. The number of hydrogen-bond acceptors (Lipinski definition) is 4. The van der Waals surface area contributed by atoms with Crippen LogP contribution >= 0.6 is 0 Å². The van der Waals surface area contributed by atoms with Gasteiger partial charge < -0.3 is 10.2 Å². The van der Waals surface area contributed by atoms with Crippen molar-refractivity contribution >= 4 is 23.3 Å². The van der Waals surface area contributed by atoms with Gasteiger partial charge in [-0.05, 0) is 42.0 Å². The predicted molar refractivity (Wildman–Crippen MR) is 101 cm³/mol. The topological polar surface area (TPSA) is 99.3 Å². The highest BCUT2D eigenvalue weighted by atomic mass is 19.4. The van der Waals surface area contributed by atoms with Crippen LogP contribution in [0.2, 0.25) is 0 Å². The van der Waals surface area contributed by atoms with E-state index >= 15 is 0 Å².